The Labute approximate surface area is 184 Å². The number of urea groups is 1. The lowest BCUT2D eigenvalue weighted by Gasteiger charge is -2.22. The molecule has 1 unspecified atom stereocenters. The monoisotopic (exact) mass is 431 g/mol. The number of amides is 2. The van der Waals surface area contributed by atoms with Gasteiger partial charge in [-0.3, -0.25) is 0 Å². The van der Waals surface area contributed by atoms with Gasteiger partial charge in [0.05, 0.1) is 7.11 Å². The number of nitrogens with zero attached hydrogens (tertiary/aromatic N) is 2. The van der Waals surface area contributed by atoms with Crippen LogP contribution in [0.15, 0.2) is 71.1 Å². The first-order chi connectivity index (χ1) is 15.6. The van der Waals surface area contributed by atoms with Gasteiger partial charge >= 0.3 is 6.03 Å². The number of fused-ring (bicyclic) bond motifs is 1. The van der Waals surface area contributed by atoms with Crippen molar-refractivity contribution in [3.63, 3.8) is 0 Å². The third-order valence-corrected chi connectivity index (χ3v) is 5.70. The zero-order valence-electron chi connectivity index (χ0n) is 17.5. The Morgan fingerprint density at radius 2 is 1.94 bits per heavy atom. The van der Waals surface area contributed by atoms with Crippen molar-refractivity contribution in [1.29, 1.82) is 0 Å². The van der Waals surface area contributed by atoms with E-state index in [4.69, 9.17) is 14.1 Å². The van der Waals surface area contributed by atoms with E-state index in [9.17, 15) is 9.18 Å². The molecule has 7 heteroatoms. The number of carbonyl (C=O) groups is 1. The van der Waals surface area contributed by atoms with Crippen molar-refractivity contribution in [2.24, 2.45) is 0 Å². The van der Waals surface area contributed by atoms with Gasteiger partial charge < -0.3 is 19.4 Å². The summed E-state index contributed by atoms with van der Waals surface area (Å²) < 4.78 is 24.7. The number of halogens is 1. The van der Waals surface area contributed by atoms with Crippen LogP contribution in [0.4, 0.5) is 14.9 Å². The van der Waals surface area contributed by atoms with E-state index in [2.05, 4.69) is 5.32 Å². The molecule has 0 saturated carbocycles. The van der Waals surface area contributed by atoms with Crippen LogP contribution in [0, 0.1) is 5.82 Å². The van der Waals surface area contributed by atoms with Crippen LogP contribution >= 0.6 is 0 Å². The molecule has 5 rings (SSSR count). The Morgan fingerprint density at radius 1 is 1.12 bits per heavy atom. The molecule has 0 bridgehead atoms. The molecule has 2 heterocycles. The summed E-state index contributed by atoms with van der Waals surface area (Å²) in [4.78, 5) is 19.2. The number of nitrogens with one attached hydrogen (secondary N) is 1. The highest BCUT2D eigenvalue weighted by Gasteiger charge is 2.33. The number of ether oxygens (including phenoxy) is 1. The second kappa shape index (κ2) is 8.34. The second-order valence-electron chi connectivity index (χ2n) is 7.76. The van der Waals surface area contributed by atoms with Crippen LogP contribution in [-0.2, 0) is 0 Å². The molecule has 0 radical (unpaired) electrons. The van der Waals surface area contributed by atoms with Crippen LogP contribution in [0.2, 0.25) is 0 Å². The Morgan fingerprint density at radius 3 is 2.72 bits per heavy atom. The minimum atomic E-state index is -0.396. The summed E-state index contributed by atoms with van der Waals surface area (Å²) in [7, 11) is 1.64. The van der Waals surface area contributed by atoms with E-state index in [1.54, 1.807) is 24.1 Å². The van der Waals surface area contributed by atoms with Crippen molar-refractivity contribution in [2.75, 3.05) is 19.0 Å². The van der Waals surface area contributed by atoms with Crippen LogP contribution < -0.4 is 10.1 Å². The molecule has 1 aliphatic rings. The number of likely N-dealkylation sites (tertiary alicyclic amines) is 1. The first kappa shape index (κ1) is 20.1. The van der Waals surface area contributed by atoms with Gasteiger partial charge in [-0.15, -0.1) is 0 Å². The summed E-state index contributed by atoms with van der Waals surface area (Å²) in [5.74, 6) is 0.919. The minimum absolute atomic E-state index is 0.264. The van der Waals surface area contributed by atoms with Crippen LogP contribution in [-0.4, -0.2) is 29.6 Å². The standard InChI is InChI=1S/C25H22FN3O3/c1-31-20-10-7-16(8-11-20)17-9-12-23-21(14-17)28-24(32-23)22-6-3-13-29(22)25(30)27-19-5-2-4-18(26)15-19/h2,4-5,7-12,14-15,22H,3,6,13H2,1H3,(H,27,30). The number of hydrogen-bond donors (Lipinski definition) is 1. The van der Waals surface area contributed by atoms with Crippen molar-refractivity contribution in [1.82, 2.24) is 9.88 Å². The van der Waals surface area contributed by atoms with Gasteiger partial charge in [-0.1, -0.05) is 24.3 Å². The molecule has 2 amide bonds. The molecule has 1 N–H and O–H groups in total. The number of methoxy groups -OCH3 is 1. The highest BCUT2D eigenvalue weighted by molar-refractivity contribution is 5.90. The van der Waals surface area contributed by atoms with Crippen molar-refractivity contribution < 1.29 is 18.3 Å². The number of oxazole rings is 1. The van der Waals surface area contributed by atoms with E-state index in [0.29, 0.717) is 23.7 Å². The number of benzene rings is 3. The van der Waals surface area contributed by atoms with E-state index in [1.165, 1.54) is 12.1 Å². The van der Waals surface area contributed by atoms with E-state index >= 15 is 0 Å². The summed E-state index contributed by atoms with van der Waals surface area (Å²) >= 11 is 0. The van der Waals surface area contributed by atoms with Gasteiger partial charge in [0.15, 0.2) is 5.58 Å². The van der Waals surface area contributed by atoms with Crippen LogP contribution in [0.5, 0.6) is 5.75 Å². The Kier molecular flexibility index (Phi) is 5.23. The van der Waals surface area contributed by atoms with E-state index in [0.717, 1.165) is 35.2 Å². The fourth-order valence-corrected chi connectivity index (χ4v) is 4.08. The van der Waals surface area contributed by atoms with Crippen LogP contribution in [0.1, 0.15) is 24.8 Å². The van der Waals surface area contributed by atoms with Crippen LogP contribution in [0.25, 0.3) is 22.2 Å². The predicted molar refractivity (Wildman–Crippen MR) is 120 cm³/mol. The molecule has 32 heavy (non-hydrogen) atoms. The summed E-state index contributed by atoms with van der Waals surface area (Å²) in [5.41, 5.74) is 3.91. The zero-order chi connectivity index (χ0) is 22.1. The van der Waals surface area contributed by atoms with Gasteiger partial charge in [0.2, 0.25) is 5.89 Å². The van der Waals surface area contributed by atoms with Gasteiger partial charge in [-0.05, 0) is 66.4 Å². The first-order valence-electron chi connectivity index (χ1n) is 10.5. The molecule has 1 aromatic heterocycles. The topological polar surface area (TPSA) is 67.6 Å². The van der Waals surface area contributed by atoms with E-state index in [1.807, 2.05) is 42.5 Å². The predicted octanol–water partition coefficient (Wildman–Crippen LogP) is 6.01. The Balaban J connectivity index is 1.38. The number of hydrogen-bond acceptors (Lipinski definition) is 4. The fraction of sp³-hybridized carbons (Fsp3) is 0.200. The molecule has 1 fully saturated rings. The van der Waals surface area contributed by atoms with Crippen LogP contribution in [0.3, 0.4) is 0 Å². The number of aromatic nitrogens is 1. The maximum absolute atomic E-state index is 13.5. The first-order valence-corrected chi connectivity index (χ1v) is 10.5. The smallest absolute Gasteiger partial charge is 0.322 e. The largest absolute Gasteiger partial charge is 0.497 e. The van der Waals surface area contributed by atoms with Gasteiger partial charge in [-0.2, -0.15) is 0 Å². The van der Waals surface area contributed by atoms with Crippen molar-refractivity contribution >= 4 is 22.8 Å². The number of carbonyl (C=O) groups excluding carboxylic acids is 1. The SMILES string of the molecule is COc1ccc(-c2ccc3oc(C4CCCN4C(=O)Nc4cccc(F)c4)nc3c2)cc1. The van der Waals surface area contributed by atoms with Gasteiger partial charge in [0.1, 0.15) is 23.1 Å². The molecular formula is C25H22FN3O3. The quantitative estimate of drug-likeness (QED) is 0.430. The zero-order valence-corrected chi connectivity index (χ0v) is 17.5. The third-order valence-electron chi connectivity index (χ3n) is 5.70. The molecule has 1 aliphatic heterocycles. The number of anilines is 1. The van der Waals surface area contributed by atoms with E-state index in [-0.39, 0.29) is 12.1 Å². The molecule has 0 spiro atoms. The minimum Gasteiger partial charge on any atom is -0.497 e. The molecule has 1 atom stereocenters. The molecule has 162 valence electrons. The molecule has 6 nitrogen and oxygen atoms in total. The Hall–Kier alpha value is -3.87. The Bertz CT molecular complexity index is 1270. The average molecular weight is 431 g/mol. The molecular weight excluding hydrogens is 409 g/mol. The fourth-order valence-electron chi connectivity index (χ4n) is 4.08. The summed E-state index contributed by atoms with van der Waals surface area (Å²) in [6, 6.07) is 19.0. The molecule has 0 aliphatic carbocycles. The summed E-state index contributed by atoms with van der Waals surface area (Å²) in [6.45, 7) is 0.585. The lowest BCUT2D eigenvalue weighted by molar-refractivity contribution is 0.199. The highest BCUT2D eigenvalue weighted by Crippen LogP contribution is 2.35. The molecule has 4 aromatic rings. The van der Waals surface area contributed by atoms with Crippen molar-refractivity contribution in [2.45, 2.75) is 18.9 Å². The lowest BCUT2D eigenvalue weighted by atomic mass is 10.1. The molecule has 1 saturated heterocycles. The molecule has 3 aromatic carbocycles. The van der Waals surface area contributed by atoms with Crippen molar-refractivity contribution in [3.8, 4) is 16.9 Å². The maximum atomic E-state index is 13.5. The maximum Gasteiger partial charge on any atom is 0.322 e. The van der Waals surface area contributed by atoms with Gasteiger partial charge in [0, 0.05) is 12.2 Å². The number of rotatable bonds is 4. The lowest BCUT2D eigenvalue weighted by Crippen LogP contribution is -2.34. The highest BCUT2D eigenvalue weighted by atomic mass is 19.1. The van der Waals surface area contributed by atoms with Crippen molar-refractivity contribution in [3.05, 3.63) is 78.4 Å². The van der Waals surface area contributed by atoms with Gasteiger partial charge in [0.25, 0.3) is 0 Å². The normalized spacial score (nSPS) is 15.8. The van der Waals surface area contributed by atoms with Gasteiger partial charge in [-0.25, -0.2) is 14.2 Å². The third kappa shape index (κ3) is 3.89. The van der Waals surface area contributed by atoms with E-state index < -0.39 is 5.82 Å². The average Bonchev–Trinajstić information content (AvgIpc) is 3.45. The summed E-state index contributed by atoms with van der Waals surface area (Å²) in [5, 5.41) is 2.77. The summed E-state index contributed by atoms with van der Waals surface area (Å²) in [6.07, 6.45) is 1.60. The second-order valence-corrected chi connectivity index (χ2v) is 7.76.